The zero-order valence-corrected chi connectivity index (χ0v) is 23.3. The van der Waals surface area contributed by atoms with Crippen molar-refractivity contribution in [2.45, 2.75) is 12.8 Å². The van der Waals surface area contributed by atoms with Crippen molar-refractivity contribution in [1.82, 2.24) is 0 Å². The Morgan fingerprint density at radius 2 is 1.07 bits per heavy atom. The molecule has 0 radical (unpaired) electrons. The minimum Gasteiger partial charge on any atom is -0.0836 e. The second kappa shape index (κ2) is 9.16. The highest BCUT2D eigenvalue weighted by Crippen LogP contribution is 2.47. The Morgan fingerprint density at radius 3 is 1.90 bits per heavy atom. The van der Waals surface area contributed by atoms with E-state index in [1.54, 1.807) is 0 Å². The van der Waals surface area contributed by atoms with Crippen LogP contribution < -0.4 is 0 Å². The molecule has 9 rings (SSSR count). The molecule has 0 heterocycles. The van der Waals surface area contributed by atoms with E-state index < -0.39 is 0 Å². The maximum Gasteiger partial charge on any atom is -0.00235 e. The first kappa shape index (κ1) is 23.5. The number of allylic oxidation sites excluding steroid dienone is 1. The summed E-state index contributed by atoms with van der Waals surface area (Å²) >= 11 is 0. The first-order valence-corrected chi connectivity index (χ1v) is 14.9. The van der Waals surface area contributed by atoms with Crippen LogP contribution in [-0.2, 0) is 6.42 Å². The molecule has 0 unspecified atom stereocenters. The van der Waals surface area contributed by atoms with Gasteiger partial charge in [-0.1, -0.05) is 127 Å². The van der Waals surface area contributed by atoms with Crippen LogP contribution in [0.3, 0.4) is 0 Å². The summed E-state index contributed by atoms with van der Waals surface area (Å²) in [4.78, 5) is 0. The van der Waals surface area contributed by atoms with Crippen molar-refractivity contribution in [3.05, 3.63) is 151 Å². The van der Waals surface area contributed by atoms with Gasteiger partial charge >= 0.3 is 0 Å². The highest BCUT2D eigenvalue weighted by atomic mass is 14.3. The number of fused-ring (bicyclic) bond motifs is 7. The van der Waals surface area contributed by atoms with Crippen molar-refractivity contribution < 1.29 is 0 Å². The summed E-state index contributed by atoms with van der Waals surface area (Å²) in [5.74, 6) is 0. The van der Waals surface area contributed by atoms with Crippen molar-refractivity contribution in [2.24, 2.45) is 0 Å². The standard InChI is InChI=1S/C42H28/c1-2-11-28-25-32(21-20-27(28)10-1)41-36-14-5-7-16-38(36)42(39-17-8-6-15-37(39)41)35-19-9-18-33-34(35)23-22-31-24-29-12-3-4-13-30(29)26-40(31)33/h1-5,7-14,16-26H,6,15H2. The molecule has 0 spiro atoms. The van der Waals surface area contributed by atoms with Crippen molar-refractivity contribution >= 4 is 59.9 Å². The van der Waals surface area contributed by atoms with Gasteiger partial charge in [0, 0.05) is 0 Å². The van der Waals surface area contributed by atoms with E-state index in [1.807, 2.05) is 0 Å². The Morgan fingerprint density at radius 1 is 0.405 bits per heavy atom. The van der Waals surface area contributed by atoms with Crippen LogP contribution in [0.25, 0.3) is 82.2 Å². The predicted molar refractivity (Wildman–Crippen MR) is 182 cm³/mol. The van der Waals surface area contributed by atoms with Crippen LogP contribution in [0.4, 0.5) is 0 Å². The van der Waals surface area contributed by atoms with Gasteiger partial charge in [-0.25, -0.2) is 0 Å². The van der Waals surface area contributed by atoms with Gasteiger partial charge in [0.05, 0.1) is 0 Å². The molecule has 0 aromatic heterocycles. The minimum atomic E-state index is 1.05. The van der Waals surface area contributed by atoms with Gasteiger partial charge in [0.2, 0.25) is 0 Å². The van der Waals surface area contributed by atoms with E-state index in [-0.39, 0.29) is 0 Å². The van der Waals surface area contributed by atoms with E-state index in [2.05, 4.69) is 146 Å². The molecule has 1 aliphatic rings. The van der Waals surface area contributed by atoms with Crippen LogP contribution >= 0.6 is 0 Å². The van der Waals surface area contributed by atoms with Crippen molar-refractivity contribution in [3.8, 4) is 22.3 Å². The van der Waals surface area contributed by atoms with E-state index in [1.165, 1.54) is 87.2 Å². The van der Waals surface area contributed by atoms with Gasteiger partial charge in [-0.05, 0) is 118 Å². The lowest BCUT2D eigenvalue weighted by atomic mass is 9.79. The maximum atomic E-state index is 2.39. The molecule has 0 heteroatoms. The van der Waals surface area contributed by atoms with Gasteiger partial charge < -0.3 is 0 Å². The summed E-state index contributed by atoms with van der Waals surface area (Å²) in [7, 11) is 0. The molecular weight excluding hydrogens is 504 g/mol. The largest absolute Gasteiger partial charge is 0.0836 e. The summed E-state index contributed by atoms with van der Waals surface area (Å²) in [6.07, 6.45) is 6.86. The van der Waals surface area contributed by atoms with Crippen LogP contribution in [0.15, 0.2) is 140 Å². The Labute approximate surface area is 245 Å². The van der Waals surface area contributed by atoms with E-state index in [0.29, 0.717) is 0 Å². The number of benzene rings is 8. The van der Waals surface area contributed by atoms with Crippen molar-refractivity contribution in [2.75, 3.05) is 0 Å². The Balaban J connectivity index is 1.38. The molecule has 0 amide bonds. The number of hydrogen-bond acceptors (Lipinski definition) is 0. The zero-order chi connectivity index (χ0) is 27.6. The smallest absolute Gasteiger partial charge is 0.00235 e. The lowest BCUT2D eigenvalue weighted by molar-refractivity contribution is 0.991. The first-order valence-electron chi connectivity index (χ1n) is 14.9. The average Bonchev–Trinajstić information content (AvgIpc) is 3.05. The lowest BCUT2D eigenvalue weighted by Crippen LogP contribution is -2.02. The molecule has 0 saturated carbocycles. The molecule has 0 N–H and O–H groups in total. The molecule has 196 valence electrons. The number of hydrogen-bond donors (Lipinski definition) is 0. The molecule has 8 aromatic carbocycles. The summed E-state index contributed by atoms with van der Waals surface area (Å²) in [6.45, 7) is 0. The summed E-state index contributed by atoms with van der Waals surface area (Å²) in [6, 6.07) is 49.6. The molecule has 1 aliphatic carbocycles. The van der Waals surface area contributed by atoms with Gasteiger partial charge in [0.25, 0.3) is 0 Å². The lowest BCUT2D eigenvalue weighted by Gasteiger charge is -2.24. The maximum absolute atomic E-state index is 2.39. The minimum absolute atomic E-state index is 1.05. The molecule has 0 aliphatic heterocycles. The van der Waals surface area contributed by atoms with Gasteiger partial charge in [-0.2, -0.15) is 0 Å². The third-order valence-corrected chi connectivity index (χ3v) is 9.26. The molecule has 8 aromatic rings. The molecular formula is C42H28. The van der Waals surface area contributed by atoms with Crippen LogP contribution in [0.5, 0.6) is 0 Å². The third kappa shape index (κ3) is 3.49. The Kier molecular flexibility index (Phi) is 5.12. The molecule has 0 saturated heterocycles. The molecule has 0 fully saturated rings. The predicted octanol–water partition coefficient (Wildman–Crippen LogP) is 11.7. The van der Waals surface area contributed by atoms with Gasteiger partial charge in [-0.15, -0.1) is 0 Å². The third-order valence-electron chi connectivity index (χ3n) is 9.26. The molecule has 0 atom stereocenters. The van der Waals surface area contributed by atoms with Crippen LogP contribution in [0, 0.1) is 0 Å². The van der Waals surface area contributed by atoms with Crippen molar-refractivity contribution in [3.63, 3.8) is 0 Å². The SMILES string of the molecule is C1=Cc2c(c(-c3ccc4ccccc4c3)c3ccccc3c2-c2cccc3c2ccc2cc4ccccc4cc23)CC1. The van der Waals surface area contributed by atoms with Gasteiger partial charge in [0.1, 0.15) is 0 Å². The molecule has 42 heavy (non-hydrogen) atoms. The van der Waals surface area contributed by atoms with Crippen LogP contribution in [-0.4, -0.2) is 0 Å². The highest BCUT2D eigenvalue weighted by molar-refractivity contribution is 6.19. The topological polar surface area (TPSA) is 0 Å². The van der Waals surface area contributed by atoms with E-state index in [4.69, 9.17) is 0 Å². The van der Waals surface area contributed by atoms with E-state index >= 15 is 0 Å². The second-order valence-electron chi connectivity index (χ2n) is 11.6. The monoisotopic (exact) mass is 532 g/mol. The fourth-order valence-corrected chi connectivity index (χ4v) is 7.35. The van der Waals surface area contributed by atoms with E-state index in [9.17, 15) is 0 Å². The average molecular weight is 533 g/mol. The number of rotatable bonds is 2. The summed E-state index contributed by atoms with van der Waals surface area (Å²) in [5.41, 5.74) is 8.19. The second-order valence-corrected chi connectivity index (χ2v) is 11.6. The Bertz CT molecular complexity index is 2400. The first-order chi connectivity index (χ1) is 20.8. The van der Waals surface area contributed by atoms with Crippen LogP contribution in [0.1, 0.15) is 17.5 Å². The normalized spacial score (nSPS) is 13.0. The van der Waals surface area contributed by atoms with E-state index in [0.717, 1.165) is 12.8 Å². The Hall–Kier alpha value is -5.20. The summed E-state index contributed by atoms with van der Waals surface area (Å²) in [5, 5.41) is 13.0. The zero-order valence-electron chi connectivity index (χ0n) is 23.3. The quantitative estimate of drug-likeness (QED) is 0.153. The van der Waals surface area contributed by atoms with Gasteiger partial charge in [-0.3, -0.25) is 0 Å². The fourth-order valence-electron chi connectivity index (χ4n) is 7.35. The van der Waals surface area contributed by atoms with Crippen LogP contribution in [0.2, 0.25) is 0 Å². The highest BCUT2D eigenvalue weighted by Gasteiger charge is 2.22. The summed E-state index contributed by atoms with van der Waals surface area (Å²) < 4.78 is 0. The van der Waals surface area contributed by atoms with Gasteiger partial charge in [0.15, 0.2) is 0 Å². The molecule has 0 nitrogen and oxygen atoms in total. The molecule has 0 bridgehead atoms. The van der Waals surface area contributed by atoms with Crippen molar-refractivity contribution in [1.29, 1.82) is 0 Å². The fraction of sp³-hybridized carbons (Fsp3) is 0.0476.